The number of benzene rings is 3. The van der Waals surface area contributed by atoms with E-state index in [-0.39, 0.29) is 5.75 Å². The van der Waals surface area contributed by atoms with Crippen LogP contribution in [0.15, 0.2) is 53.0 Å². The molecule has 0 aliphatic rings. The van der Waals surface area contributed by atoms with E-state index in [0.29, 0.717) is 28.9 Å². The number of phenols is 1. The van der Waals surface area contributed by atoms with Crippen LogP contribution in [0.25, 0.3) is 11.0 Å². The molecule has 6 heteroatoms. The zero-order chi connectivity index (χ0) is 21.4. The summed E-state index contributed by atoms with van der Waals surface area (Å²) < 4.78 is 6.74. The van der Waals surface area contributed by atoms with E-state index in [4.69, 9.17) is 4.74 Å². The molecule has 0 aliphatic heterocycles. The average molecular weight is 465 g/mol. The number of aromatic amines is 1. The Hall–Kier alpha value is -3.12. The van der Waals surface area contributed by atoms with E-state index in [9.17, 15) is 9.90 Å². The minimum atomic E-state index is -0.444. The maximum atomic E-state index is 12.8. The number of nitrogens with zero attached hydrogens (tertiary/aromatic N) is 1. The Morgan fingerprint density at radius 1 is 1.03 bits per heavy atom. The third kappa shape index (κ3) is 3.71. The number of nitrogens with one attached hydrogen (secondary N) is 1. The monoisotopic (exact) mass is 464 g/mol. The molecule has 1 heterocycles. The van der Waals surface area contributed by atoms with Gasteiger partial charge < -0.3 is 14.8 Å². The van der Waals surface area contributed by atoms with Crippen LogP contribution >= 0.6 is 15.9 Å². The highest BCUT2D eigenvalue weighted by molar-refractivity contribution is 9.10. The molecule has 0 saturated heterocycles. The van der Waals surface area contributed by atoms with Crippen molar-refractivity contribution in [1.29, 1.82) is 0 Å². The molecule has 0 bridgehead atoms. The number of H-pyrrole nitrogens is 1. The highest BCUT2D eigenvalue weighted by atomic mass is 79.9. The molecule has 3 aromatic carbocycles. The maximum absolute atomic E-state index is 12.8. The van der Waals surface area contributed by atoms with Gasteiger partial charge in [-0.1, -0.05) is 28.1 Å². The first-order chi connectivity index (χ1) is 14.3. The molecule has 5 nitrogen and oxygen atoms in total. The third-order valence-corrected chi connectivity index (χ3v) is 5.93. The predicted molar refractivity (Wildman–Crippen MR) is 120 cm³/mol. The number of phenolic OH excluding ortho intramolecular Hbond substituents is 1. The minimum Gasteiger partial charge on any atom is -0.507 e. The Morgan fingerprint density at radius 3 is 2.43 bits per heavy atom. The van der Waals surface area contributed by atoms with Gasteiger partial charge in [-0.15, -0.1) is 0 Å². The lowest BCUT2D eigenvalue weighted by Crippen LogP contribution is -2.13. The number of hydrogen-bond donors (Lipinski definition) is 2. The van der Waals surface area contributed by atoms with Gasteiger partial charge in [-0.2, -0.15) is 0 Å². The van der Waals surface area contributed by atoms with Crippen molar-refractivity contribution in [3.05, 3.63) is 86.6 Å². The average Bonchev–Trinajstić information content (AvgIpc) is 3.16. The first-order valence-electron chi connectivity index (χ1n) is 9.58. The number of hydrogen-bond acceptors (Lipinski definition) is 4. The summed E-state index contributed by atoms with van der Waals surface area (Å²) in [5.41, 5.74) is 5.10. The molecule has 0 unspecified atom stereocenters. The second-order valence-electron chi connectivity index (χ2n) is 7.31. The molecule has 30 heavy (non-hydrogen) atoms. The Kier molecular flexibility index (Phi) is 5.35. The maximum Gasteiger partial charge on any atom is 0.343 e. The van der Waals surface area contributed by atoms with Crippen LogP contribution in [0.4, 0.5) is 0 Å². The number of ether oxygens (including phenoxy) is 1. The van der Waals surface area contributed by atoms with Crippen LogP contribution in [0.1, 0.15) is 38.4 Å². The summed E-state index contributed by atoms with van der Waals surface area (Å²) >= 11 is 3.37. The lowest BCUT2D eigenvalue weighted by molar-refractivity contribution is 0.0731. The van der Waals surface area contributed by atoms with Crippen molar-refractivity contribution in [3.63, 3.8) is 0 Å². The molecule has 0 radical (unpaired) electrons. The summed E-state index contributed by atoms with van der Waals surface area (Å²) in [7, 11) is 0. The molecule has 4 rings (SSSR count). The van der Waals surface area contributed by atoms with Crippen LogP contribution in [0.5, 0.6) is 11.5 Å². The van der Waals surface area contributed by atoms with Gasteiger partial charge in [-0.05, 0) is 73.9 Å². The van der Waals surface area contributed by atoms with Gasteiger partial charge in [0.05, 0.1) is 16.6 Å². The van der Waals surface area contributed by atoms with E-state index in [0.717, 1.165) is 32.5 Å². The molecule has 0 atom stereocenters. The Bertz CT molecular complexity index is 1230. The first kappa shape index (κ1) is 20.2. The SMILES string of the molecule is Cc1c(C)c(OC(=O)c2ccc(Br)cc2)c(Cc2nc3ccccc3[nH]2)c(C)c1O. The zero-order valence-electron chi connectivity index (χ0n) is 16.9. The van der Waals surface area contributed by atoms with Crippen molar-refractivity contribution < 1.29 is 14.6 Å². The summed E-state index contributed by atoms with van der Waals surface area (Å²) in [6, 6.07) is 14.8. The van der Waals surface area contributed by atoms with Crippen LogP contribution in [0.3, 0.4) is 0 Å². The van der Waals surface area contributed by atoms with Gasteiger partial charge in [0.2, 0.25) is 0 Å². The van der Waals surface area contributed by atoms with Crippen molar-refractivity contribution in [2.75, 3.05) is 0 Å². The molecule has 0 fully saturated rings. The van der Waals surface area contributed by atoms with Crippen LogP contribution in [0, 0.1) is 20.8 Å². The van der Waals surface area contributed by atoms with Crippen molar-refractivity contribution in [2.45, 2.75) is 27.2 Å². The molecule has 0 saturated carbocycles. The Morgan fingerprint density at radius 2 is 1.73 bits per heavy atom. The minimum absolute atomic E-state index is 0.210. The summed E-state index contributed by atoms with van der Waals surface area (Å²) in [6.07, 6.45) is 0.401. The van der Waals surface area contributed by atoms with Crippen molar-refractivity contribution in [3.8, 4) is 11.5 Å². The molecule has 0 spiro atoms. The normalized spacial score (nSPS) is 11.1. The zero-order valence-corrected chi connectivity index (χ0v) is 18.5. The molecule has 1 aromatic heterocycles. The highest BCUT2D eigenvalue weighted by Crippen LogP contribution is 2.38. The Balaban J connectivity index is 1.76. The van der Waals surface area contributed by atoms with Crippen LogP contribution < -0.4 is 4.74 Å². The fourth-order valence-corrected chi connectivity index (χ4v) is 3.78. The number of halogens is 1. The molecular formula is C24H21BrN2O3. The molecular weight excluding hydrogens is 444 g/mol. The van der Waals surface area contributed by atoms with Crippen molar-refractivity contribution >= 4 is 32.9 Å². The van der Waals surface area contributed by atoms with Gasteiger partial charge >= 0.3 is 5.97 Å². The molecule has 2 N–H and O–H groups in total. The van der Waals surface area contributed by atoms with E-state index in [1.807, 2.05) is 45.0 Å². The highest BCUT2D eigenvalue weighted by Gasteiger charge is 2.22. The third-order valence-electron chi connectivity index (χ3n) is 5.40. The number of imidazole rings is 1. The fraction of sp³-hybridized carbons (Fsp3) is 0.167. The fourth-order valence-electron chi connectivity index (χ4n) is 3.51. The largest absolute Gasteiger partial charge is 0.507 e. The van der Waals surface area contributed by atoms with E-state index in [2.05, 4.69) is 25.9 Å². The van der Waals surface area contributed by atoms with Crippen LogP contribution in [0.2, 0.25) is 0 Å². The quantitative estimate of drug-likeness (QED) is 0.297. The second kappa shape index (κ2) is 7.95. The summed E-state index contributed by atoms with van der Waals surface area (Å²) in [4.78, 5) is 20.7. The number of aromatic hydroxyl groups is 1. The number of carbonyl (C=O) groups excluding carboxylic acids is 1. The van der Waals surface area contributed by atoms with Crippen LogP contribution in [-0.2, 0) is 6.42 Å². The number of carbonyl (C=O) groups is 1. The van der Waals surface area contributed by atoms with E-state index in [1.54, 1.807) is 24.3 Å². The topological polar surface area (TPSA) is 75.2 Å². The van der Waals surface area contributed by atoms with Gasteiger partial charge in [0.1, 0.15) is 17.3 Å². The molecule has 152 valence electrons. The molecule has 0 aliphatic carbocycles. The van der Waals surface area contributed by atoms with Gasteiger partial charge in [0.25, 0.3) is 0 Å². The summed E-state index contributed by atoms with van der Waals surface area (Å²) in [5, 5.41) is 10.6. The standard InChI is InChI=1S/C24H21BrN2O3/c1-13-14(2)23(30-24(29)16-8-10-17(25)11-9-16)18(15(3)22(13)28)12-21-26-19-6-4-5-7-20(19)27-21/h4-11,28H,12H2,1-3H3,(H,26,27). The lowest BCUT2D eigenvalue weighted by atomic mass is 9.95. The molecule has 0 amide bonds. The summed E-state index contributed by atoms with van der Waals surface area (Å²) in [6.45, 7) is 5.50. The number of rotatable bonds is 4. The van der Waals surface area contributed by atoms with Crippen LogP contribution in [-0.4, -0.2) is 21.0 Å². The van der Waals surface area contributed by atoms with Crippen molar-refractivity contribution in [2.24, 2.45) is 0 Å². The van der Waals surface area contributed by atoms with Crippen molar-refractivity contribution in [1.82, 2.24) is 9.97 Å². The first-order valence-corrected chi connectivity index (χ1v) is 10.4. The summed E-state index contributed by atoms with van der Waals surface area (Å²) in [5.74, 6) is 0.974. The second-order valence-corrected chi connectivity index (χ2v) is 8.22. The van der Waals surface area contributed by atoms with E-state index in [1.165, 1.54) is 0 Å². The smallest absolute Gasteiger partial charge is 0.343 e. The lowest BCUT2D eigenvalue weighted by Gasteiger charge is -2.19. The Labute approximate surface area is 182 Å². The van der Waals surface area contributed by atoms with E-state index >= 15 is 0 Å². The van der Waals surface area contributed by atoms with Gasteiger partial charge in [-0.25, -0.2) is 9.78 Å². The number of fused-ring (bicyclic) bond motifs is 1. The number of aromatic nitrogens is 2. The number of esters is 1. The van der Waals surface area contributed by atoms with Gasteiger partial charge in [0, 0.05) is 16.5 Å². The number of para-hydroxylation sites is 2. The predicted octanol–water partition coefficient (Wildman–Crippen LogP) is 5.77. The van der Waals surface area contributed by atoms with Gasteiger partial charge in [-0.3, -0.25) is 0 Å². The molecule has 4 aromatic rings. The van der Waals surface area contributed by atoms with Gasteiger partial charge in [0.15, 0.2) is 0 Å². The van der Waals surface area contributed by atoms with E-state index < -0.39 is 5.97 Å².